The highest BCUT2D eigenvalue weighted by molar-refractivity contribution is 6.06. The van der Waals surface area contributed by atoms with E-state index in [0.29, 0.717) is 17.6 Å². The number of ether oxygens (including phenoxy) is 1. The highest BCUT2D eigenvalue weighted by Crippen LogP contribution is 2.34. The molecule has 0 aliphatic rings. The first kappa shape index (κ1) is 17.0. The maximum atomic E-state index is 12.4. The van der Waals surface area contributed by atoms with Crippen molar-refractivity contribution in [1.82, 2.24) is 0 Å². The van der Waals surface area contributed by atoms with E-state index in [2.05, 4.69) is 6.58 Å². The van der Waals surface area contributed by atoms with Gasteiger partial charge in [0.05, 0.1) is 6.61 Å². The number of carboxylic acid groups (broad SMARTS) is 1. The molecule has 0 radical (unpaired) electrons. The molecule has 0 heterocycles. The van der Waals surface area contributed by atoms with Crippen molar-refractivity contribution in [2.75, 3.05) is 6.61 Å². The van der Waals surface area contributed by atoms with Crippen molar-refractivity contribution < 1.29 is 19.4 Å². The fourth-order valence-electron chi connectivity index (χ4n) is 2.17. The average Bonchev–Trinajstić information content (AvgIpc) is 2.45. The van der Waals surface area contributed by atoms with E-state index >= 15 is 0 Å². The zero-order valence-corrected chi connectivity index (χ0v) is 12.8. The van der Waals surface area contributed by atoms with Crippen LogP contribution in [0.5, 0.6) is 0 Å². The lowest BCUT2D eigenvalue weighted by molar-refractivity contribution is -0.161. The molecule has 114 valence electrons. The van der Waals surface area contributed by atoms with Gasteiger partial charge in [0.15, 0.2) is 5.41 Å². The lowest BCUT2D eigenvalue weighted by atomic mass is 9.75. The van der Waals surface area contributed by atoms with E-state index in [1.54, 1.807) is 31.2 Å². The first-order valence-electron chi connectivity index (χ1n) is 7.02. The Kier molecular flexibility index (Phi) is 5.70. The van der Waals surface area contributed by atoms with Gasteiger partial charge in [-0.15, -0.1) is 0 Å². The van der Waals surface area contributed by atoms with Gasteiger partial charge >= 0.3 is 11.9 Å². The molecule has 4 heteroatoms. The summed E-state index contributed by atoms with van der Waals surface area (Å²) in [5.74, 6) is -1.95. The summed E-state index contributed by atoms with van der Waals surface area (Å²) in [7, 11) is 0. The fraction of sp³-hybridized carbons (Fsp3) is 0.412. The maximum Gasteiger partial charge on any atom is 0.328 e. The minimum atomic E-state index is -1.73. The molecule has 0 saturated heterocycles. The van der Waals surface area contributed by atoms with Crippen molar-refractivity contribution in [3.05, 3.63) is 47.5 Å². The number of carboxylic acids is 1. The molecule has 1 aromatic carbocycles. The quantitative estimate of drug-likeness (QED) is 0.475. The molecule has 0 aliphatic carbocycles. The zero-order chi connectivity index (χ0) is 16.0. The number of hydrogen-bond donors (Lipinski definition) is 1. The number of allylic oxidation sites excluding steroid dienone is 1. The Balaban J connectivity index is 3.42. The third-order valence-corrected chi connectivity index (χ3v) is 3.55. The van der Waals surface area contributed by atoms with E-state index in [9.17, 15) is 14.7 Å². The maximum absolute atomic E-state index is 12.4. The minimum absolute atomic E-state index is 0.0424. The number of aliphatic carboxylic acids is 1. The first-order chi connectivity index (χ1) is 9.88. The molecule has 1 N–H and O–H groups in total. The van der Waals surface area contributed by atoms with Gasteiger partial charge in [-0.05, 0) is 32.3 Å². The SMILES string of the molecule is C=C(CC)CC(C(=O)O)(C(=O)OCC)c1ccc(C)cc1. The van der Waals surface area contributed by atoms with Crippen LogP contribution < -0.4 is 0 Å². The van der Waals surface area contributed by atoms with E-state index in [-0.39, 0.29) is 13.0 Å². The van der Waals surface area contributed by atoms with Gasteiger partial charge in [0.1, 0.15) is 0 Å². The average molecular weight is 290 g/mol. The van der Waals surface area contributed by atoms with E-state index in [1.807, 2.05) is 13.8 Å². The molecular formula is C17H22O4. The number of esters is 1. The van der Waals surface area contributed by atoms with Crippen molar-refractivity contribution in [1.29, 1.82) is 0 Å². The van der Waals surface area contributed by atoms with Crippen LogP contribution in [-0.4, -0.2) is 23.7 Å². The van der Waals surface area contributed by atoms with Gasteiger partial charge in [0.2, 0.25) is 0 Å². The molecule has 4 nitrogen and oxygen atoms in total. The van der Waals surface area contributed by atoms with Crippen molar-refractivity contribution >= 4 is 11.9 Å². The number of benzene rings is 1. The summed E-state index contributed by atoms with van der Waals surface area (Å²) in [6.45, 7) is 9.44. The lowest BCUT2D eigenvalue weighted by Crippen LogP contribution is -2.45. The molecule has 0 aliphatic heterocycles. The summed E-state index contributed by atoms with van der Waals surface area (Å²) in [5.41, 5.74) is 0.396. The molecule has 0 saturated carbocycles. The summed E-state index contributed by atoms with van der Waals surface area (Å²) in [4.78, 5) is 24.3. The van der Waals surface area contributed by atoms with E-state index in [0.717, 1.165) is 5.56 Å². The second kappa shape index (κ2) is 7.07. The van der Waals surface area contributed by atoms with Gasteiger partial charge in [0, 0.05) is 0 Å². The third kappa shape index (κ3) is 3.51. The van der Waals surface area contributed by atoms with Crippen molar-refractivity contribution in [3.8, 4) is 0 Å². The smallest absolute Gasteiger partial charge is 0.328 e. The number of aryl methyl sites for hydroxylation is 1. The summed E-state index contributed by atoms with van der Waals surface area (Å²) < 4.78 is 5.04. The first-order valence-corrected chi connectivity index (χ1v) is 7.02. The van der Waals surface area contributed by atoms with Crippen LogP contribution in [0, 0.1) is 6.92 Å². The van der Waals surface area contributed by atoms with Gasteiger partial charge in [-0.3, -0.25) is 9.59 Å². The van der Waals surface area contributed by atoms with Crippen molar-refractivity contribution in [2.45, 2.75) is 39.0 Å². The normalized spacial score (nSPS) is 13.3. The second-order valence-electron chi connectivity index (χ2n) is 5.08. The van der Waals surface area contributed by atoms with Crippen LogP contribution in [0.2, 0.25) is 0 Å². The number of hydrogen-bond acceptors (Lipinski definition) is 3. The Labute approximate surface area is 125 Å². The molecule has 0 amide bonds. The molecule has 0 bridgehead atoms. The van der Waals surface area contributed by atoms with E-state index < -0.39 is 17.4 Å². The second-order valence-corrected chi connectivity index (χ2v) is 5.08. The minimum Gasteiger partial charge on any atom is -0.480 e. The Bertz CT molecular complexity index is 530. The Morgan fingerprint density at radius 2 is 1.81 bits per heavy atom. The van der Waals surface area contributed by atoms with Crippen LogP contribution in [0.1, 0.15) is 37.8 Å². The van der Waals surface area contributed by atoms with Gasteiger partial charge in [0.25, 0.3) is 0 Å². The van der Waals surface area contributed by atoms with Crippen molar-refractivity contribution in [3.63, 3.8) is 0 Å². The van der Waals surface area contributed by atoms with Crippen LogP contribution in [0.25, 0.3) is 0 Å². The van der Waals surface area contributed by atoms with Gasteiger partial charge in [-0.1, -0.05) is 48.9 Å². The molecule has 1 atom stereocenters. The molecule has 1 aromatic rings. The summed E-state index contributed by atoms with van der Waals surface area (Å²) in [6.07, 6.45) is 0.654. The lowest BCUT2D eigenvalue weighted by Gasteiger charge is -2.28. The number of carbonyl (C=O) groups is 2. The summed E-state index contributed by atoms with van der Waals surface area (Å²) >= 11 is 0. The van der Waals surface area contributed by atoms with E-state index in [4.69, 9.17) is 4.74 Å². The Morgan fingerprint density at radius 3 is 2.24 bits per heavy atom. The fourth-order valence-corrected chi connectivity index (χ4v) is 2.17. The molecule has 0 fully saturated rings. The van der Waals surface area contributed by atoms with Crippen LogP contribution in [-0.2, 0) is 19.7 Å². The Hall–Kier alpha value is -2.10. The van der Waals surface area contributed by atoms with Gasteiger partial charge < -0.3 is 9.84 Å². The molecule has 1 rings (SSSR count). The highest BCUT2D eigenvalue weighted by atomic mass is 16.5. The Morgan fingerprint density at radius 1 is 1.24 bits per heavy atom. The van der Waals surface area contributed by atoms with Crippen LogP contribution in [0.4, 0.5) is 0 Å². The van der Waals surface area contributed by atoms with Crippen LogP contribution in [0.15, 0.2) is 36.4 Å². The molecular weight excluding hydrogens is 268 g/mol. The summed E-state index contributed by atoms with van der Waals surface area (Å²) in [5, 5.41) is 9.75. The van der Waals surface area contributed by atoms with Gasteiger partial charge in [-0.25, -0.2) is 0 Å². The third-order valence-electron chi connectivity index (χ3n) is 3.55. The highest BCUT2D eigenvalue weighted by Gasteiger charge is 2.49. The standard InChI is InChI=1S/C17H22O4/c1-5-12(3)11-17(15(18)19,16(20)21-6-2)14-9-7-13(4)8-10-14/h7-10H,3,5-6,11H2,1-2,4H3,(H,18,19). The molecule has 21 heavy (non-hydrogen) atoms. The van der Waals surface area contributed by atoms with Crippen LogP contribution >= 0.6 is 0 Å². The van der Waals surface area contributed by atoms with Crippen LogP contribution in [0.3, 0.4) is 0 Å². The monoisotopic (exact) mass is 290 g/mol. The molecule has 1 unspecified atom stereocenters. The summed E-state index contributed by atoms with van der Waals surface area (Å²) in [6, 6.07) is 6.93. The molecule has 0 spiro atoms. The zero-order valence-electron chi connectivity index (χ0n) is 12.8. The predicted molar refractivity (Wildman–Crippen MR) is 81.2 cm³/mol. The largest absolute Gasteiger partial charge is 0.480 e. The topological polar surface area (TPSA) is 63.6 Å². The number of rotatable bonds is 7. The molecule has 0 aromatic heterocycles. The number of carbonyl (C=O) groups excluding carboxylic acids is 1. The van der Waals surface area contributed by atoms with Gasteiger partial charge in [-0.2, -0.15) is 0 Å². The van der Waals surface area contributed by atoms with E-state index in [1.165, 1.54) is 0 Å². The predicted octanol–water partition coefficient (Wildman–Crippen LogP) is 3.24. The van der Waals surface area contributed by atoms with Crippen molar-refractivity contribution in [2.24, 2.45) is 0 Å².